The van der Waals surface area contributed by atoms with E-state index in [0.29, 0.717) is 0 Å². The van der Waals surface area contributed by atoms with Crippen molar-refractivity contribution < 1.29 is 28.5 Å². The standard InChI is InChI=1S/C18H23N5O8/c1-17(2,3)30-16(26)20-18(4,5)15-19-12(31-21-15)9-22-8-10(23(27)28)7-11(13(22)24)14(25)29-6/h7-8H,9H2,1-6H3,(H,20,26). The summed E-state index contributed by atoms with van der Waals surface area (Å²) in [7, 11) is 1.05. The fourth-order valence-electron chi connectivity index (χ4n) is 2.43. The number of nitrogens with zero attached hydrogens (tertiary/aromatic N) is 4. The summed E-state index contributed by atoms with van der Waals surface area (Å²) in [5.74, 6) is -1.01. The van der Waals surface area contributed by atoms with E-state index >= 15 is 0 Å². The summed E-state index contributed by atoms with van der Waals surface area (Å²) < 4.78 is 15.7. The van der Waals surface area contributed by atoms with Gasteiger partial charge in [-0.3, -0.25) is 19.5 Å². The molecule has 31 heavy (non-hydrogen) atoms. The highest BCUT2D eigenvalue weighted by atomic mass is 16.6. The van der Waals surface area contributed by atoms with Gasteiger partial charge < -0.3 is 19.3 Å². The molecule has 1 N–H and O–H groups in total. The Bertz CT molecular complexity index is 1060. The Balaban J connectivity index is 2.31. The van der Waals surface area contributed by atoms with Crippen LogP contribution in [0.5, 0.6) is 0 Å². The van der Waals surface area contributed by atoms with Gasteiger partial charge in [-0.25, -0.2) is 9.59 Å². The smallest absolute Gasteiger partial charge is 0.408 e. The third-order valence-corrected chi connectivity index (χ3v) is 3.83. The van der Waals surface area contributed by atoms with Gasteiger partial charge in [0.05, 0.1) is 18.2 Å². The summed E-state index contributed by atoms with van der Waals surface area (Å²) in [5.41, 5.74) is -3.63. The van der Waals surface area contributed by atoms with Crippen LogP contribution in [-0.4, -0.2) is 44.4 Å². The first-order valence-corrected chi connectivity index (χ1v) is 9.05. The molecule has 2 heterocycles. The lowest BCUT2D eigenvalue weighted by Gasteiger charge is -2.26. The van der Waals surface area contributed by atoms with Crippen LogP contribution in [-0.2, 0) is 21.6 Å². The number of aromatic nitrogens is 3. The third kappa shape index (κ3) is 5.87. The van der Waals surface area contributed by atoms with E-state index < -0.39 is 44.9 Å². The van der Waals surface area contributed by atoms with Crippen LogP contribution in [0.15, 0.2) is 21.6 Å². The lowest BCUT2D eigenvalue weighted by atomic mass is 10.1. The average molecular weight is 437 g/mol. The van der Waals surface area contributed by atoms with Gasteiger partial charge in [-0.1, -0.05) is 5.16 Å². The summed E-state index contributed by atoms with van der Waals surface area (Å²) in [6.45, 7) is 8.02. The second-order valence-electron chi connectivity index (χ2n) is 8.06. The number of esters is 1. The van der Waals surface area contributed by atoms with Crippen molar-refractivity contribution in [1.82, 2.24) is 20.0 Å². The van der Waals surface area contributed by atoms with E-state index in [4.69, 9.17) is 9.26 Å². The molecule has 0 saturated heterocycles. The molecule has 0 aliphatic rings. The topological polar surface area (TPSA) is 169 Å². The van der Waals surface area contributed by atoms with Gasteiger partial charge in [0.25, 0.3) is 11.2 Å². The molecule has 0 aromatic carbocycles. The van der Waals surface area contributed by atoms with Gasteiger partial charge in [-0.15, -0.1) is 0 Å². The second kappa shape index (κ2) is 8.53. The van der Waals surface area contributed by atoms with Crippen LogP contribution in [0.3, 0.4) is 0 Å². The van der Waals surface area contributed by atoms with Crippen molar-refractivity contribution >= 4 is 17.7 Å². The Hall–Kier alpha value is -3.77. The number of hydrogen-bond donors (Lipinski definition) is 1. The molecule has 13 nitrogen and oxygen atoms in total. The first-order chi connectivity index (χ1) is 14.2. The Morgan fingerprint density at radius 2 is 1.94 bits per heavy atom. The highest BCUT2D eigenvalue weighted by Gasteiger charge is 2.31. The number of carbonyl (C=O) groups excluding carboxylic acids is 2. The van der Waals surface area contributed by atoms with Crippen molar-refractivity contribution in [1.29, 1.82) is 0 Å². The zero-order chi connectivity index (χ0) is 23.6. The number of pyridine rings is 1. The SMILES string of the molecule is COC(=O)c1cc([N+](=O)[O-])cn(Cc2nc(C(C)(C)NC(=O)OC(C)(C)C)no2)c1=O. The summed E-state index contributed by atoms with van der Waals surface area (Å²) >= 11 is 0. The highest BCUT2D eigenvalue weighted by Crippen LogP contribution is 2.19. The van der Waals surface area contributed by atoms with Gasteiger partial charge in [0, 0.05) is 6.07 Å². The molecule has 2 aromatic rings. The van der Waals surface area contributed by atoms with E-state index in [1.54, 1.807) is 34.6 Å². The number of rotatable bonds is 6. The van der Waals surface area contributed by atoms with E-state index in [-0.39, 0.29) is 18.3 Å². The molecular formula is C18H23N5O8. The maximum absolute atomic E-state index is 12.5. The monoisotopic (exact) mass is 437 g/mol. The molecular weight excluding hydrogens is 414 g/mol. The number of hydrogen-bond acceptors (Lipinski definition) is 10. The molecule has 0 aliphatic heterocycles. The van der Waals surface area contributed by atoms with Crippen molar-refractivity contribution in [3.63, 3.8) is 0 Å². The summed E-state index contributed by atoms with van der Waals surface area (Å²) in [4.78, 5) is 50.9. The number of carbonyl (C=O) groups is 2. The molecule has 168 valence electrons. The Labute approximate surface area is 176 Å². The molecule has 0 saturated carbocycles. The largest absolute Gasteiger partial charge is 0.465 e. The van der Waals surface area contributed by atoms with E-state index in [2.05, 4.69) is 20.2 Å². The fraction of sp³-hybridized carbons (Fsp3) is 0.500. The van der Waals surface area contributed by atoms with Crippen LogP contribution in [0, 0.1) is 10.1 Å². The number of nitrogens with one attached hydrogen (secondary N) is 1. The second-order valence-corrected chi connectivity index (χ2v) is 8.06. The van der Waals surface area contributed by atoms with Gasteiger partial charge in [-0.05, 0) is 34.6 Å². The fourth-order valence-corrected chi connectivity index (χ4v) is 2.43. The molecule has 2 aromatic heterocycles. The number of amides is 1. The van der Waals surface area contributed by atoms with Crippen LogP contribution >= 0.6 is 0 Å². The van der Waals surface area contributed by atoms with Crippen molar-refractivity contribution in [3.05, 3.63) is 50.0 Å². The van der Waals surface area contributed by atoms with Crippen molar-refractivity contribution in [3.8, 4) is 0 Å². The van der Waals surface area contributed by atoms with Crippen molar-refractivity contribution in [2.75, 3.05) is 7.11 Å². The summed E-state index contributed by atoms with van der Waals surface area (Å²) in [6.07, 6.45) is 0.254. The Morgan fingerprint density at radius 3 is 2.48 bits per heavy atom. The van der Waals surface area contributed by atoms with E-state index in [1.807, 2.05) is 0 Å². The van der Waals surface area contributed by atoms with Gasteiger partial charge in [0.15, 0.2) is 5.82 Å². The lowest BCUT2D eigenvalue weighted by molar-refractivity contribution is -0.385. The summed E-state index contributed by atoms with van der Waals surface area (Å²) in [5, 5.41) is 17.6. The van der Waals surface area contributed by atoms with Crippen LogP contribution < -0.4 is 10.9 Å². The summed E-state index contributed by atoms with van der Waals surface area (Å²) in [6, 6.07) is 0.831. The number of methoxy groups -OCH3 is 1. The first-order valence-electron chi connectivity index (χ1n) is 9.05. The molecule has 2 rings (SSSR count). The van der Waals surface area contributed by atoms with Crippen LogP contribution in [0.2, 0.25) is 0 Å². The van der Waals surface area contributed by atoms with Gasteiger partial charge in [-0.2, -0.15) is 4.98 Å². The normalized spacial score (nSPS) is 11.7. The van der Waals surface area contributed by atoms with Crippen LogP contribution in [0.25, 0.3) is 0 Å². The quantitative estimate of drug-likeness (QED) is 0.399. The average Bonchev–Trinajstić information content (AvgIpc) is 3.10. The van der Waals surface area contributed by atoms with Crippen LogP contribution in [0.4, 0.5) is 10.5 Å². The maximum Gasteiger partial charge on any atom is 0.408 e. The zero-order valence-corrected chi connectivity index (χ0v) is 17.9. The minimum atomic E-state index is -1.09. The number of ether oxygens (including phenoxy) is 2. The van der Waals surface area contributed by atoms with Gasteiger partial charge >= 0.3 is 12.1 Å². The predicted molar refractivity (Wildman–Crippen MR) is 104 cm³/mol. The molecule has 0 fully saturated rings. The molecule has 0 spiro atoms. The Morgan fingerprint density at radius 1 is 1.29 bits per heavy atom. The number of alkyl carbamates (subject to hydrolysis) is 1. The van der Waals surface area contributed by atoms with Gasteiger partial charge in [0.1, 0.15) is 23.2 Å². The molecule has 1 amide bonds. The third-order valence-electron chi connectivity index (χ3n) is 3.83. The molecule has 13 heteroatoms. The van der Waals surface area contributed by atoms with Crippen molar-refractivity contribution in [2.24, 2.45) is 0 Å². The van der Waals surface area contributed by atoms with E-state index in [1.165, 1.54) is 0 Å². The molecule has 0 bridgehead atoms. The van der Waals surface area contributed by atoms with E-state index in [0.717, 1.165) is 23.9 Å². The maximum atomic E-state index is 12.5. The molecule has 0 aliphatic carbocycles. The Kier molecular flexibility index (Phi) is 6.47. The van der Waals surface area contributed by atoms with E-state index in [9.17, 15) is 24.5 Å². The van der Waals surface area contributed by atoms with Crippen molar-refractivity contribution in [2.45, 2.75) is 52.3 Å². The molecule has 0 atom stereocenters. The van der Waals surface area contributed by atoms with Gasteiger partial charge in [0.2, 0.25) is 5.89 Å². The first kappa shape index (κ1) is 23.5. The number of nitro groups is 1. The van der Waals surface area contributed by atoms with Crippen LogP contribution in [0.1, 0.15) is 56.7 Å². The highest BCUT2D eigenvalue weighted by molar-refractivity contribution is 5.89. The minimum Gasteiger partial charge on any atom is -0.465 e. The lowest BCUT2D eigenvalue weighted by Crippen LogP contribution is -2.44. The predicted octanol–water partition coefficient (Wildman–Crippen LogP) is 1.73. The minimum absolute atomic E-state index is 0.0764. The molecule has 0 radical (unpaired) electrons. The molecule has 0 unspecified atom stereocenters. The zero-order valence-electron chi connectivity index (χ0n) is 17.9.